The van der Waals surface area contributed by atoms with Gasteiger partial charge in [0.15, 0.2) is 0 Å². The molecule has 1 aliphatic carbocycles. The van der Waals surface area contributed by atoms with Gasteiger partial charge in [-0.3, -0.25) is 4.98 Å². The van der Waals surface area contributed by atoms with Gasteiger partial charge in [-0.2, -0.15) is 0 Å². The molecule has 0 N–H and O–H groups in total. The molecular formula is C33H45NO2. The summed E-state index contributed by atoms with van der Waals surface area (Å²) in [7, 11) is 0. The van der Waals surface area contributed by atoms with E-state index in [4.69, 9.17) is 9.72 Å². The molecule has 4 atom stereocenters. The van der Waals surface area contributed by atoms with Gasteiger partial charge in [0, 0.05) is 36.3 Å². The topological polar surface area (TPSA) is 39.2 Å². The van der Waals surface area contributed by atoms with Crippen molar-refractivity contribution in [2.24, 2.45) is 11.8 Å². The van der Waals surface area contributed by atoms with E-state index >= 15 is 0 Å². The summed E-state index contributed by atoms with van der Waals surface area (Å²) in [5.41, 5.74) is 9.42. The van der Waals surface area contributed by atoms with E-state index in [0.717, 1.165) is 38.9 Å². The van der Waals surface area contributed by atoms with Crippen molar-refractivity contribution in [2.45, 2.75) is 86.0 Å². The van der Waals surface area contributed by atoms with Crippen LogP contribution >= 0.6 is 0 Å². The van der Waals surface area contributed by atoms with Crippen molar-refractivity contribution in [2.75, 3.05) is 13.2 Å². The average molecular weight is 488 g/mol. The number of hydrogen-bond acceptors (Lipinski definition) is 3. The molecule has 1 aromatic heterocycles. The Balaban J connectivity index is 0.000000840. The smallest absolute Gasteiger partial charge is 0.126 e. The summed E-state index contributed by atoms with van der Waals surface area (Å²) in [5.74, 6) is 2.17. The lowest BCUT2D eigenvalue weighted by Gasteiger charge is -2.31. The predicted octanol–water partition coefficient (Wildman–Crippen LogP) is 8.32. The van der Waals surface area contributed by atoms with E-state index in [0.29, 0.717) is 23.7 Å². The van der Waals surface area contributed by atoms with E-state index < -0.39 is 0 Å². The molecule has 0 bridgehead atoms. The fourth-order valence-electron chi connectivity index (χ4n) is 5.12. The zero-order valence-corrected chi connectivity index (χ0v) is 23.4. The van der Waals surface area contributed by atoms with Crippen molar-refractivity contribution in [1.29, 1.82) is 0 Å². The number of carbonyl (C=O) groups excluding carboxylic acids is 1. The first-order chi connectivity index (χ1) is 17.2. The van der Waals surface area contributed by atoms with Gasteiger partial charge in [0.05, 0.1) is 5.69 Å². The Labute approximate surface area is 219 Å². The number of ether oxygens (including phenoxy) is 1. The Hall–Kier alpha value is -2.52. The molecule has 194 valence electrons. The summed E-state index contributed by atoms with van der Waals surface area (Å²) in [6.45, 7) is 16.1. The maximum atomic E-state index is 9.44. The van der Waals surface area contributed by atoms with Gasteiger partial charge in [-0.25, -0.2) is 0 Å². The molecule has 0 radical (unpaired) electrons. The Morgan fingerprint density at radius 3 is 2.50 bits per heavy atom. The molecule has 2 aliphatic rings. The highest BCUT2D eigenvalue weighted by Crippen LogP contribution is 2.38. The van der Waals surface area contributed by atoms with Gasteiger partial charge in [-0.15, -0.1) is 0 Å². The number of ketones is 1. The molecule has 0 spiro atoms. The van der Waals surface area contributed by atoms with Gasteiger partial charge < -0.3 is 9.53 Å². The van der Waals surface area contributed by atoms with Crippen molar-refractivity contribution in [1.82, 2.24) is 4.98 Å². The van der Waals surface area contributed by atoms with Gasteiger partial charge in [0.1, 0.15) is 5.78 Å². The van der Waals surface area contributed by atoms with E-state index in [1.165, 1.54) is 53.1 Å². The standard InChI is InChI=1S/C30H39NO.C3H6O/c1-6-20(3)16-23(7-2)30-28-13-12-25(24-10-8-21(4)9-11-24)17-26(28)18-29(31-30)27-14-15-32-19-22(27)5;1-3(2)4/h8-13,16,18,20,22,25,27H,6-7,14-15,17,19H2,1-5H3;1-2H3/b23-16-;/t20-,22-,25?,27?;/m0./s1. The Kier molecular flexibility index (Phi) is 10.2. The summed E-state index contributed by atoms with van der Waals surface area (Å²) in [5, 5.41) is 0. The minimum Gasteiger partial charge on any atom is -0.381 e. The van der Waals surface area contributed by atoms with Crippen LogP contribution in [0.3, 0.4) is 0 Å². The summed E-state index contributed by atoms with van der Waals surface area (Å²) in [4.78, 5) is 14.8. The minimum atomic E-state index is 0.167. The van der Waals surface area contributed by atoms with Crippen molar-refractivity contribution >= 4 is 17.4 Å². The summed E-state index contributed by atoms with van der Waals surface area (Å²) in [6.07, 6.45) is 11.5. The van der Waals surface area contributed by atoms with Crippen LogP contribution in [-0.2, 0) is 16.0 Å². The lowest BCUT2D eigenvalue weighted by molar-refractivity contribution is -0.114. The number of aromatic nitrogens is 1. The Morgan fingerprint density at radius 2 is 1.89 bits per heavy atom. The van der Waals surface area contributed by atoms with E-state index in [1.807, 2.05) is 0 Å². The lowest BCUT2D eigenvalue weighted by Crippen LogP contribution is -2.25. The first kappa shape index (κ1) is 28.1. The average Bonchev–Trinajstić information content (AvgIpc) is 2.86. The fraction of sp³-hybridized carbons (Fsp3) is 0.515. The molecule has 0 amide bonds. The van der Waals surface area contributed by atoms with E-state index in [9.17, 15) is 4.79 Å². The van der Waals surface area contributed by atoms with E-state index in [-0.39, 0.29) is 5.78 Å². The van der Waals surface area contributed by atoms with Crippen molar-refractivity contribution in [3.05, 3.63) is 76.1 Å². The highest BCUT2D eigenvalue weighted by molar-refractivity contribution is 5.75. The molecule has 1 aromatic carbocycles. The van der Waals surface area contributed by atoms with Gasteiger partial charge in [0.25, 0.3) is 0 Å². The minimum absolute atomic E-state index is 0.167. The zero-order valence-electron chi connectivity index (χ0n) is 23.4. The van der Waals surface area contributed by atoms with Crippen LogP contribution in [0.15, 0.2) is 42.5 Å². The molecule has 3 heteroatoms. The van der Waals surface area contributed by atoms with Crippen LogP contribution in [0.2, 0.25) is 0 Å². The molecule has 1 saturated heterocycles. The molecule has 3 nitrogen and oxygen atoms in total. The third-order valence-electron chi connectivity index (χ3n) is 7.44. The second kappa shape index (κ2) is 13.1. The van der Waals surface area contributed by atoms with E-state index in [2.05, 4.69) is 83.2 Å². The van der Waals surface area contributed by atoms with Crippen molar-refractivity contribution in [3.8, 4) is 0 Å². The summed E-state index contributed by atoms with van der Waals surface area (Å²) < 4.78 is 5.75. The third kappa shape index (κ3) is 7.26. The molecule has 2 aromatic rings. The van der Waals surface area contributed by atoms with E-state index in [1.54, 1.807) is 0 Å². The highest BCUT2D eigenvalue weighted by atomic mass is 16.5. The highest BCUT2D eigenvalue weighted by Gasteiger charge is 2.28. The summed E-state index contributed by atoms with van der Waals surface area (Å²) >= 11 is 0. The number of benzene rings is 1. The van der Waals surface area contributed by atoms with Gasteiger partial charge in [-0.1, -0.05) is 82.2 Å². The largest absolute Gasteiger partial charge is 0.381 e. The van der Waals surface area contributed by atoms with Crippen LogP contribution in [0, 0.1) is 18.8 Å². The zero-order chi connectivity index (χ0) is 26.2. The van der Waals surface area contributed by atoms with Crippen LogP contribution < -0.4 is 0 Å². The molecule has 4 rings (SSSR count). The molecular weight excluding hydrogens is 442 g/mol. The normalized spacial score (nSPS) is 22.3. The molecule has 1 fully saturated rings. The second-order valence-corrected chi connectivity index (χ2v) is 10.8. The Bertz CT molecular complexity index is 1080. The number of pyridine rings is 1. The number of carbonyl (C=O) groups is 1. The molecule has 2 unspecified atom stereocenters. The maximum absolute atomic E-state index is 9.44. The first-order valence-electron chi connectivity index (χ1n) is 13.8. The second-order valence-electron chi connectivity index (χ2n) is 10.8. The van der Waals surface area contributed by atoms with Gasteiger partial charge in [-0.05, 0) is 74.6 Å². The van der Waals surface area contributed by atoms with Crippen LogP contribution in [0.1, 0.15) is 106 Å². The predicted molar refractivity (Wildman–Crippen MR) is 152 cm³/mol. The monoisotopic (exact) mass is 487 g/mol. The number of allylic oxidation sites excluding steroid dienone is 3. The fourth-order valence-corrected chi connectivity index (χ4v) is 5.12. The molecule has 36 heavy (non-hydrogen) atoms. The molecule has 0 saturated carbocycles. The number of rotatable bonds is 6. The Morgan fingerprint density at radius 1 is 1.19 bits per heavy atom. The first-order valence-corrected chi connectivity index (χ1v) is 13.8. The van der Waals surface area contributed by atoms with Crippen LogP contribution in [0.25, 0.3) is 11.6 Å². The number of nitrogens with zero attached hydrogens (tertiary/aromatic N) is 1. The number of Topliss-reactive ketones (excluding diaryl/α,β-unsaturated/α-hetero) is 1. The maximum Gasteiger partial charge on any atom is 0.126 e. The number of aryl methyl sites for hydroxylation is 1. The third-order valence-corrected chi connectivity index (χ3v) is 7.44. The van der Waals surface area contributed by atoms with Gasteiger partial charge >= 0.3 is 0 Å². The summed E-state index contributed by atoms with van der Waals surface area (Å²) in [6, 6.07) is 11.5. The van der Waals surface area contributed by atoms with Gasteiger partial charge in [0.2, 0.25) is 0 Å². The quantitative estimate of drug-likeness (QED) is 0.411. The lowest BCUT2D eigenvalue weighted by atomic mass is 9.80. The molecule has 1 aliphatic heterocycles. The van der Waals surface area contributed by atoms with Crippen molar-refractivity contribution in [3.63, 3.8) is 0 Å². The van der Waals surface area contributed by atoms with Crippen molar-refractivity contribution < 1.29 is 9.53 Å². The molecule has 2 heterocycles. The van der Waals surface area contributed by atoms with Crippen LogP contribution in [0.4, 0.5) is 0 Å². The number of hydrogen-bond donors (Lipinski definition) is 0. The van der Waals surface area contributed by atoms with Crippen LogP contribution in [-0.4, -0.2) is 24.0 Å². The number of fused-ring (bicyclic) bond motifs is 1. The van der Waals surface area contributed by atoms with Crippen LogP contribution in [0.5, 0.6) is 0 Å². The SMILES string of the molecule is CC(C)=O.CC/C(=C/[C@@H](C)CC)c1nc(C2CCOC[C@@H]2C)cc2c1C=CC(c1ccc(C)cc1)C2.